The minimum Gasteiger partial charge on any atom is -0.344 e. The summed E-state index contributed by atoms with van der Waals surface area (Å²) >= 11 is 0. The lowest BCUT2D eigenvalue weighted by molar-refractivity contribution is -0.192. The van der Waals surface area contributed by atoms with Gasteiger partial charge in [0.1, 0.15) is 0 Å². The van der Waals surface area contributed by atoms with E-state index in [1.54, 1.807) is 0 Å². The maximum absolute atomic E-state index is 6.81. The predicted molar refractivity (Wildman–Crippen MR) is 203 cm³/mol. The lowest BCUT2D eigenvalue weighted by Gasteiger charge is -2.30. The highest BCUT2D eigenvalue weighted by atomic mass is 16.8. The largest absolute Gasteiger partial charge is 0.344 e. The number of hydrogen-bond acceptors (Lipinski definition) is 2. The summed E-state index contributed by atoms with van der Waals surface area (Å²) in [5, 5.41) is 0. The number of allylic oxidation sites excluding steroid dienone is 8. The van der Waals surface area contributed by atoms with Crippen LogP contribution in [0, 0.1) is 5.92 Å². The van der Waals surface area contributed by atoms with Crippen molar-refractivity contribution in [3.63, 3.8) is 0 Å². The molecule has 0 unspecified atom stereocenters. The Hall–Kier alpha value is -1.12. The van der Waals surface area contributed by atoms with E-state index < -0.39 is 0 Å². The van der Waals surface area contributed by atoms with Gasteiger partial charge in [0.05, 0.1) is 12.2 Å². The van der Waals surface area contributed by atoms with Crippen LogP contribution in [0.25, 0.3) is 0 Å². The van der Waals surface area contributed by atoms with Crippen molar-refractivity contribution in [1.29, 1.82) is 0 Å². The molecule has 1 aliphatic heterocycles. The summed E-state index contributed by atoms with van der Waals surface area (Å²) < 4.78 is 13.6. The van der Waals surface area contributed by atoms with E-state index in [0.29, 0.717) is 12.2 Å². The van der Waals surface area contributed by atoms with E-state index >= 15 is 0 Å². The van der Waals surface area contributed by atoms with Crippen LogP contribution in [0.3, 0.4) is 0 Å². The van der Waals surface area contributed by atoms with Crippen molar-refractivity contribution < 1.29 is 9.47 Å². The van der Waals surface area contributed by atoms with Gasteiger partial charge in [-0.15, -0.1) is 0 Å². The van der Waals surface area contributed by atoms with Gasteiger partial charge in [0.2, 0.25) is 0 Å². The molecule has 2 nitrogen and oxygen atoms in total. The first-order valence-corrected chi connectivity index (χ1v) is 20.7. The Morgan fingerprint density at radius 2 is 0.783 bits per heavy atom. The van der Waals surface area contributed by atoms with E-state index in [1.165, 1.54) is 161 Å². The average Bonchev–Trinajstić information content (AvgIpc) is 3.60. The Bertz CT molecular complexity index is 728. The summed E-state index contributed by atoms with van der Waals surface area (Å²) in [6.45, 7) is 6.87. The van der Waals surface area contributed by atoms with E-state index in [-0.39, 0.29) is 5.79 Å². The van der Waals surface area contributed by atoms with Crippen LogP contribution in [0.5, 0.6) is 0 Å². The van der Waals surface area contributed by atoms with Crippen LogP contribution >= 0.6 is 0 Å². The van der Waals surface area contributed by atoms with Gasteiger partial charge in [-0.1, -0.05) is 153 Å². The zero-order valence-electron chi connectivity index (χ0n) is 31.2. The molecule has 1 saturated heterocycles. The Kier molecular flexibility index (Phi) is 25.7. The van der Waals surface area contributed by atoms with E-state index in [2.05, 4.69) is 69.4 Å². The quantitative estimate of drug-likeness (QED) is 0.0555. The van der Waals surface area contributed by atoms with Crippen molar-refractivity contribution in [3.05, 3.63) is 48.6 Å². The summed E-state index contributed by atoms with van der Waals surface area (Å²) in [6, 6.07) is 0. The van der Waals surface area contributed by atoms with Crippen LogP contribution in [0.15, 0.2) is 48.6 Å². The second-order valence-corrected chi connectivity index (χ2v) is 14.6. The second-order valence-electron chi connectivity index (χ2n) is 14.6. The summed E-state index contributed by atoms with van der Waals surface area (Å²) in [4.78, 5) is 0. The average molecular weight is 639 g/mol. The van der Waals surface area contributed by atoms with Gasteiger partial charge >= 0.3 is 0 Å². The zero-order chi connectivity index (χ0) is 32.8. The standard InChI is InChI=1S/C44H78O2/c1-4-7-9-11-13-15-17-19-21-23-25-27-29-31-33-35-37-44(45-42-39-41(6-3)40-43(42)46-44)38-36-34-32-30-28-26-24-22-20-18-16-14-12-10-8-5-2/h13-16,19-22,41-43H,4-12,17-18,23-40H2,1-3H3/b15-13-,16-14-,21-19-,22-20-/t42-,43-/m1/s1. The Morgan fingerprint density at radius 1 is 0.435 bits per heavy atom. The van der Waals surface area contributed by atoms with E-state index in [0.717, 1.165) is 31.6 Å². The van der Waals surface area contributed by atoms with Gasteiger partial charge in [0.15, 0.2) is 5.79 Å². The highest BCUT2D eigenvalue weighted by Crippen LogP contribution is 2.46. The SMILES string of the molecule is CCCCC/C=C\C/C=C\CCCCCCCCC1(CCCCCCCC/C=C\C/C=C\CCCCC)O[C@@H]2CC(CC)C[C@H]2O1. The van der Waals surface area contributed by atoms with Crippen LogP contribution in [0.4, 0.5) is 0 Å². The molecule has 0 aromatic rings. The Labute approximate surface area is 288 Å². The molecule has 0 spiro atoms. The number of ether oxygens (including phenoxy) is 2. The summed E-state index contributed by atoms with van der Waals surface area (Å²) in [5.41, 5.74) is 0. The fraction of sp³-hybridized carbons (Fsp3) is 0.818. The molecule has 0 radical (unpaired) electrons. The van der Waals surface area contributed by atoms with Crippen molar-refractivity contribution in [3.8, 4) is 0 Å². The molecule has 2 fully saturated rings. The minimum absolute atomic E-state index is 0.279. The molecule has 2 atom stereocenters. The van der Waals surface area contributed by atoms with Crippen molar-refractivity contribution in [1.82, 2.24) is 0 Å². The fourth-order valence-corrected chi connectivity index (χ4v) is 7.34. The zero-order valence-corrected chi connectivity index (χ0v) is 31.2. The molecule has 1 aliphatic carbocycles. The maximum Gasteiger partial charge on any atom is 0.169 e. The lowest BCUT2D eigenvalue weighted by atomic mass is 9.98. The molecule has 2 rings (SSSR count). The topological polar surface area (TPSA) is 18.5 Å². The summed E-state index contributed by atoms with van der Waals surface area (Å²) in [7, 11) is 0. The van der Waals surface area contributed by atoms with Crippen LogP contribution in [0.2, 0.25) is 0 Å². The third-order valence-electron chi connectivity index (χ3n) is 10.4. The highest BCUT2D eigenvalue weighted by Gasteiger charge is 2.50. The third kappa shape index (κ3) is 20.3. The lowest BCUT2D eigenvalue weighted by Crippen LogP contribution is -2.32. The third-order valence-corrected chi connectivity index (χ3v) is 10.4. The van der Waals surface area contributed by atoms with Crippen LogP contribution < -0.4 is 0 Å². The first-order valence-electron chi connectivity index (χ1n) is 20.7. The molecule has 0 aromatic carbocycles. The summed E-state index contributed by atoms with van der Waals surface area (Å²) in [6.07, 6.45) is 56.7. The fourth-order valence-electron chi connectivity index (χ4n) is 7.34. The van der Waals surface area contributed by atoms with Gasteiger partial charge in [-0.25, -0.2) is 0 Å². The van der Waals surface area contributed by atoms with Gasteiger partial charge in [0.25, 0.3) is 0 Å². The normalized spacial score (nSPS) is 20.1. The highest BCUT2D eigenvalue weighted by molar-refractivity contribution is 4.95. The van der Waals surface area contributed by atoms with Crippen molar-refractivity contribution >= 4 is 0 Å². The Balaban J connectivity index is 1.52. The molecular weight excluding hydrogens is 560 g/mol. The van der Waals surface area contributed by atoms with Crippen LogP contribution in [-0.2, 0) is 9.47 Å². The molecule has 1 heterocycles. The van der Waals surface area contributed by atoms with Gasteiger partial charge in [0, 0.05) is 12.8 Å². The second kappa shape index (κ2) is 28.9. The predicted octanol–water partition coefficient (Wildman–Crippen LogP) is 14.7. The van der Waals surface area contributed by atoms with Gasteiger partial charge in [-0.3, -0.25) is 0 Å². The van der Waals surface area contributed by atoms with Crippen molar-refractivity contribution in [2.45, 2.75) is 225 Å². The number of hydrogen-bond donors (Lipinski definition) is 0. The van der Waals surface area contributed by atoms with Gasteiger partial charge in [-0.05, 0) is 95.8 Å². The molecule has 2 heteroatoms. The first-order chi connectivity index (χ1) is 22.7. The molecule has 46 heavy (non-hydrogen) atoms. The molecule has 0 N–H and O–H groups in total. The van der Waals surface area contributed by atoms with Gasteiger partial charge < -0.3 is 9.47 Å². The van der Waals surface area contributed by atoms with Crippen LogP contribution in [-0.4, -0.2) is 18.0 Å². The van der Waals surface area contributed by atoms with Crippen molar-refractivity contribution in [2.75, 3.05) is 0 Å². The maximum atomic E-state index is 6.81. The summed E-state index contributed by atoms with van der Waals surface area (Å²) in [5.74, 6) is 0.523. The molecular formula is C44H78O2. The van der Waals surface area contributed by atoms with Gasteiger partial charge in [-0.2, -0.15) is 0 Å². The van der Waals surface area contributed by atoms with E-state index in [4.69, 9.17) is 9.47 Å². The molecule has 1 saturated carbocycles. The molecule has 266 valence electrons. The van der Waals surface area contributed by atoms with Crippen LogP contribution in [0.1, 0.15) is 207 Å². The first kappa shape index (κ1) is 41.1. The molecule has 0 amide bonds. The van der Waals surface area contributed by atoms with E-state index in [1.807, 2.05) is 0 Å². The minimum atomic E-state index is -0.279. The number of fused-ring (bicyclic) bond motifs is 1. The number of rotatable bonds is 31. The monoisotopic (exact) mass is 639 g/mol. The Morgan fingerprint density at radius 3 is 1.15 bits per heavy atom. The van der Waals surface area contributed by atoms with Crippen molar-refractivity contribution in [2.24, 2.45) is 5.92 Å². The molecule has 2 aliphatic rings. The number of unbranched alkanes of at least 4 members (excludes halogenated alkanes) is 18. The van der Waals surface area contributed by atoms with E-state index in [9.17, 15) is 0 Å². The molecule has 0 bridgehead atoms. The smallest absolute Gasteiger partial charge is 0.169 e. The molecule has 0 aromatic heterocycles.